The first kappa shape index (κ1) is 14.2. The Hall–Kier alpha value is -0.240. The van der Waals surface area contributed by atoms with E-state index in [4.69, 9.17) is 28.9 Å². The van der Waals surface area contributed by atoms with Crippen LogP contribution in [0.5, 0.6) is 0 Å². The highest BCUT2D eigenvalue weighted by atomic mass is 35.5. The zero-order chi connectivity index (χ0) is 13.3. The highest BCUT2D eigenvalue weighted by Crippen LogP contribution is 2.39. The van der Waals surface area contributed by atoms with Crippen molar-refractivity contribution in [2.75, 3.05) is 0 Å². The second-order valence-corrected chi connectivity index (χ2v) is 6.65. The maximum Gasteiger partial charge on any atom is 0.0439 e. The summed E-state index contributed by atoms with van der Waals surface area (Å²) in [6, 6.07) is 5.63. The van der Waals surface area contributed by atoms with Crippen molar-refractivity contribution in [2.45, 2.75) is 45.1 Å². The van der Waals surface area contributed by atoms with E-state index in [9.17, 15) is 0 Å². The maximum atomic E-state index is 6.64. The summed E-state index contributed by atoms with van der Waals surface area (Å²) < 4.78 is 0. The van der Waals surface area contributed by atoms with Crippen LogP contribution in [-0.2, 0) is 6.42 Å². The van der Waals surface area contributed by atoms with Crippen molar-refractivity contribution in [3.63, 3.8) is 0 Å². The first-order valence-electron chi connectivity index (χ1n) is 6.65. The monoisotopic (exact) mass is 285 g/mol. The molecule has 18 heavy (non-hydrogen) atoms. The Labute approximate surface area is 120 Å². The van der Waals surface area contributed by atoms with Gasteiger partial charge in [0.15, 0.2) is 0 Å². The number of benzene rings is 1. The van der Waals surface area contributed by atoms with E-state index in [1.54, 1.807) is 0 Å². The SMILES string of the molecule is CC1CCCC(N)(Cc2cc(Cl)ccc2Cl)C1C. The van der Waals surface area contributed by atoms with Crippen molar-refractivity contribution in [1.29, 1.82) is 0 Å². The van der Waals surface area contributed by atoms with Gasteiger partial charge in [0.05, 0.1) is 0 Å². The molecule has 3 heteroatoms. The van der Waals surface area contributed by atoms with Gasteiger partial charge in [-0.25, -0.2) is 0 Å². The number of nitrogens with two attached hydrogens (primary N) is 1. The lowest BCUT2D eigenvalue weighted by molar-refractivity contribution is 0.143. The van der Waals surface area contributed by atoms with Crippen LogP contribution < -0.4 is 5.73 Å². The summed E-state index contributed by atoms with van der Waals surface area (Å²) in [5.74, 6) is 1.20. The molecule has 1 aromatic rings. The Morgan fingerprint density at radius 1 is 1.33 bits per heavy atom. The van der Waals surface area contributed by atoms with Gasteiger partial charge in [-0.15, -0.1) is 0 Å². The van der Waals surface area contributed by atoms with E-state index in [2.05, 4.69) is 13.8 Å². The molecule has 0 radical (unpaired) electrons. The molecule has 0 bridgehead atoms. The van der Waals surface area contributed by atoms with Crippen molar-refractivity contribution in [3.8, 4) is 0 Å². The Morgan fingerprint density at radius 2 is 2.06 bits per heavy atom. The van der Waals surface area contributed by atoms with Crippen LogP contribution in [0, 0.1) is 11.8 Å². The fraction of sp³-hybridized carbons (Fsp3) is 0.600. The van der Waals surface area contributed by atoms with E-state index in [0.29, 0.717) is 11.8 Å². The third kappa shape index (κ3) is 2.84. The van der Waals surface area contributed by atoms with Crippen molar-refractivity contribution in [2.24, 2.45) is 17.6 Å². The van der Waals surface area contributed by atoms with Gasteiger partial charge in [0.2, 0.25) is 0 Å². The van der Waals surface area contributed by atoms with Crippen LogP contribution in [0.3, 0.4) is 0 Å². The molecule has 3 atom stereocenters. The lowest BCUT2D eigenvalue weighted by Crippen LogP contribution is -2.52. The van der Waals surface area contributed by atoms with Gasteiger partial charge in [-0.2, -0.15) is 0 Å². The molecule has 3 unspecified atom stereocenters. The van der Waals surface area contributed by atoms with Crippen LogP contribution >= 0.6 is 23.2 Å². The maximum absolute atomic E-state index is 6.64. The molecular weight excluding hydrogens is 265 g/mol. The number of hydrogen-bond acceptors (Lipinski definition) is 1. The largest absolute Gasteiger partial charge is 0.325 e. The summed E-state index contributed by atoms with van der Waals surface area (Å²) >= 11 is 12.3. The van der Waals surface area contributed by atoms with Crippen LogP contribution in [-0.4, -0.2) is 5.54 Å². The van der Waals surface area contributed by atoms with Gasteiger partial charge in [-0.05, 0) is 48.4 Å². The van der Waals surface area contributed by atoms with Gasteiger partial charge in [0.1, 0.15) is 0 Å². The van der Waals surface area contributed by atoms with E-state index in [0.717, 1.165) is 28.5 Å². The molecule has 1 saturated carbocycles. The molecule has 1 fully saturated rings. The van der Waals surface area contributed by atoms with Gasteiger partial charge in [-0.1, -0.05) is 49.9 Å². The minimum Gasteiger partial charge on any atom is -0.325 e. The highest BCUT2D eigenvalue weighted by molar-refractivity contribution is 6.33. The summed E-state index contributed by atoms with van der Waals surface area (Å²) in [5.41, 5.74) is 7.57. The molecule has 100 valence electrons. The minimum atomic E-state index is -0.147. The predicted octanol–water partition coefficient (Wildman–Crippen LogP) is 4.69. The van der Waals surface area contributed by atoms with E-state index in [1.165, 1.54) is 12.8 Å². The summed E-state index contributed by atoms with van der Waals surface area (Å²) in [5, 5.41) is 1.50. The first-order chi connectivity index (χ1) is 8.42. The molecule has 2 N–H and O–H groups in total. The summed E-state index contributed by atoms with van der Waals surface area (Å²) in [6.45, 7) is 4.56. The number of rotatable bonds is 2. The molecule has 1 aliphatic carbocycles. The highest BCUT2D eigenvalue weighted by Gasteiger charge is 2.38. The third-order valence-corrected chi connectivity index (χ3v) is 5.19. The van der Waals surface area contributed by atoms with Crippen LogP contribution in [0.1, 0.15) is 38.7 Å². The first-order valence-corrected chi connectivity index (χ1v) is 7.41. The van der Waals surface area contributed by atoms with E-state index < -0.39 is 0 Å². The normalized spacial score (nSPS) is 32.5. The summed E-state index contributed by atoms with van der Waals surface area (Å²) in [6.07, 6.45) is 4.38. The van der Waals surface area contributed by atoms with Gasteiger partial charge >= 0.3 is 0 Å². The lowest BCUT2D eigenvalue weighted by atomic mass is 9.66. The Kier molecular flexibility index (Phi) is 4.25. The Morgan fingerprint density at radius 3 is 2.78 bits per heavy atom. The van der Waals surface area contributed by atoms with E-state index >= 15 is 0 Å². The zero-order valence-electron chi connectivity index (χ0n) is 11.0. The fourth-order valence-electron chi connectivity index (χ4n) is 3.08. The molecule has 2 rings (SSSR count). The second kappa shape index (κ2) is 5.40. The molecule has 0 aromatic heterocycles. The zero-order valence-corrected chi connectivity index (χ0v) is 12.6. The van der Waals surface area contributed by atoms with Crippen molar-refractivity contribution in [3.05, 3.63) is 33.8 Å². The quantitative estimate of drug-likeness (QED) is 0.838. The van der Waals surface area contributed by atoms with Gasteiger partial charge in [-0.3, -0.25) is 0 Å². The van der Waals surface area contributed by atoms with E-state index in [1.807, 2.05) is 18.2 Å². The second-order valence-electron chi connectivity index (χ2n) is 5.80. The fourth-order valence-corrected chi connectivity index (χ4v) is 3.46. The molecule has 0 aliphatic heterocycles. The van der Waals surface area contributed by atoms with E-state index in [-0.39, 0.29) is 5.54 Å². The van der Waals surface area contributed by atoms with Gasteiger partial charge in [0, 0.05) is 15.6 Å². The lowest BCUT2D eigenvalue weighted by Gasteiger charge is -2.43. The smallest absolute Gasteiger partial charge is 0.0439 e. The van der Waals surface area contributed by atoms with Crippen LogP contribution in [0.4, 0.5) is 0 Å². The average molecular weight is 286 g/mol. The van der Waals surface area contributed by atoms with Crippen molar-refractivity contribution >= 4 is 23.2 Å². The topological polar surface area (TPSA) is 26.0 Å². The van der Waals surface area contributed by atoms with Crippen LogP contribution in [0.25, 0.3) is 0 Å². The summed E-state index contributed by atoms with van der Waals surface area (Å²) in [4.78, 5) is 0. The molecule has 0 saturated heterocycles. The third-order valence-electron chi connectivity index (χ3n) is 4.59. The number of hydrogen-bond donors (Lipinski definition) is 1. The minimum absolute atomic E-state index is 0.147. The predicted molar refractivity (Wildman–Crippen MR) is 79.3 cm³/mol. The molecule has 1 aliphatic rings. The van der Waals surface area contributed by atoms with Crippen LogP contribution in [0.2, 0.25) is 10.0 Å². The number of halogens is 2. The van der Waals surface area contributed by atoms with Crippen LogP contribution in [0.15, 0.2) is 18.2 Å². The summed E-state index contributed by atoms with van der Waals surface area (Å²) in [7, 11) is 0. The Bertz CT molecular complexity index is 433. The standard InChI is InChI=1S/C15H21Cl2N/c1-10-4-3-7-15(18,11(10)2)9-12-8-13(16)5-6-14(12)17/h5-6,8,10-11H,3-4,7,9,18H2,1-2H3. The van der Waals surface area contributed by atoms with Crippen molar-refractivity contribution < 1.29 is 0 Å². The van der Waals surface area contributed by atoms with Crippen molar-refractivity contribution in [1.82, 2.24) is 0 Å². The molecule has 0 spiro atoms. The van der Waals surface area contributed by atoms with Gasteiger partial charge in [0.25, 0.3) is 0 Å². The molecule has 1 aromatic carbocycles. The van der Waals surface area contributed by atoms with Gasteiger partial charge < -0.3 is 5.73 Å². The molecule has 0 amide bonds. The molecule has 0 heterocycles. The molecular formula is C15H21Cl2N. The molecule has 1 nitrogen and oxygen atoms in total. The average Bonchev–Trinajstić information content (AvgIpc) is 2.31. The Balaban J connectivity index is 2.23.